The number of amides is 3. The van der Waals surface area contributed by atoms with Crippen molar-refractivity contribution in [2.75, 3.05) is 11.9 Å². The number of hydrogen-bond acceptors (Lipinski definition) is 3. The number of halogens is 1. The number of anilines is 1. The van der Waals surface area contributed by atoms with Gasteiger partial charge in [-0.1, -0.05) is 15.9 Å². The second kappa shape index (κ2) is 8.25. The van der Waals surface area contributed by atoms with E-state index in [1.165, 1.54) is 6.92 Å². The summed E-state index contributed by atoms with van der Waals surface area (Å²) in [5.41, 5.74) is 0.625. The average Bonchev–Trinajstić information content (AvgIpc) is 2.41. The first-order valence-electron chi connectivity index (χ1n) is 6.21. The number of carbonyl (C=O) groups excluding carboxylic acids is 2. The lowest BCUT2D eigenvalue weighted by atomic mass is 10.3. The lowest BCUT2D eigenvalue weighted by Gasteiger charge is -2.10. The minimum Gasteiger partial charge on any atom is -0.480 e. The molecule has 8 heteroatoms. The molecule has 0 aromatic heterocycles. The zero-order valence-corrected chi connectivity index (χ0v) is 12.9. The first kappa shape index (κ1) is 17.0. The zero-order chi connectivity index (χ0) is 15.8. The number of carboxylic acid groups (broad SMARTS) is 1. The molecule has 0 aliphatic carbocycles. The van der Waals surface area contributed by atoms with Crippen molar-refractivity contribution in [1.82, 2.24) is 10.6 Å². The largest absolute Gasteiger partial charge is 0.480 e. The third-order valence-corrected chi connectivity index (χ3v) is 3.02. The molecule has 0 radical (unpaired) electrons. The van der Waals surface area contributed by atoms with E-state index >= 15 is 0 Å². The van der Waals surface area contributed by atoms with E-state index in [2.05, 4.69) is 31.9 Å². The summed E-state index contributed by atoms with van der Waals surface area (Å²) in [6.07, 6.45) is 0.00534. The predicted octanol–water partition coefficient (Wildman–Crippen LogP) is 1.55. The fraction of sp³-hybridized carbons (Fsp3) is 0.308. The zero-order valence-electron chi connectivity index (χ0n) is 11.4. The molecule has 4 N–H and O–H groups in total. The molecule has 0 bridgehead atoms. The highest BCUT2D eigenvalue weighted by atomic mass is 79.9. The quantitative estimate of drug-likeness (QED) is 0.619. The summed E-state index contributed by atoms with van der Waals surface area (Å²) in [5.74, 6) is -1.54. The van der Waals surface area contributed by atoms with E-state index < -0.39 is 23.9 Å². The van der Waals surface area contributed by atoms with Gasteiger partial charge in [-0.05, 0) is 31.2 Å². The summed E-state index contributed by atoms with van der Waals surface area (Å²) in [4.78, 5) is 33.5. The van der Waals surface area contributed by atoms with Crippen LogP contribution in [0.4, 0.5) is 10.5 Å². The molecular weight excluding hydrogens is 342 g/mol. The van der Waals surface area contributed by atoms with Crippen LogP contribution in [0.5, 0.6) is 0 Å². The molecule has 0 saturated heterocycles. The van der Waals surface area contributed by atoms with Crippen LogP contribution in [0.1, 0.15) is 13.3 Å². The van der Waals surface area contributed by atoms with E-state index in [9.17, 15) is 14.4 Å². The van der Waals surface area contributed by atoms with Crippen molar-refractivity contribution in [2.45, 2.75) is 19.4 Å². The molecule has 0 fully saturated rings. The highest BCUT2D eigenvalue weighted by Gasteiger charge is 2.13. The Labute approximate surface area is 130 Å². The predicted molar refractivity (Wildman–Crippen MR) is 81.0 cm³/mol. The Bertz CT molecular complexity index is 519. The van der Waals surface area contributed by atoms with Crippen LogP contribution in [0, 0.1) is 0 Å². The molecule has 0 heterocycles. The lowest BCUT2D eigenvalue weighted by Crippen LogP contribution is -2.40. The maximum Gasteiger partial charge on any atom is 0.325 e. The molecule has 1 rings (SSSR count). The van der Waals surface area contributed by atoms with Gasteiger partial charge in [-0.15, -0.1) is 0 Å². The van der Waals surface area contributed by atoms with Crippen molar-refractivity contribution < 1.29 is 19.5 Å². The molecule has 0 aliphatic rings. The highest BCUT2D eigenvalue weighted by molar-refractivity contribution is 9.10. The van der Waals surface area contributed by atoms with Gasteiger partial charge in [0.15, 0.2) is 0 Å². The number of hydrogen-bond donors (Lipinski definition) is 4. The van der Waals surface area contributed by atoms with Crippen molar-refractivity contribution in [2.24, 2.45) is 0 Å². The van der Waals surface area contributed by atoms with Gasteiger partial charge >= 0.3 is 12.0 Å². The van der Waals surface area contributed by atoms with Crippen LogP contribution in [0.3, 0.4) is 0 Å². The summed E-state index contributed by atoms with van der Waals surface area (Å²) in [6, 6.07) is 5.65. The van der Waals surface area contributed by atoms with Crippen LogP contribution in [0.2, 0.25) is 0 Å². The van der Waals surface area contributed by atoms with Gasteiger partial charge in [0.05, 0.1) is 0 Å². The van der Waals surface area contributed by atoms with Gasteiger partial charge in [0.1, 0.15) is 6.04 Å². The molecule has 3 amide bonds. The van der Waals surface area contributed by atoms with Crippen LogP contribution in [-0.4, -0.2) is 35.6 Å². The Morgan fingerprint density at radius 2 is 1.86 bits per heavy atom. The van der Waals surface area contributed by atoms with Gasteiger partial charge in [0.25, 0.3) is 0 Å². The summed E-state index contributed by atoms with van der Waals surface area (Å²) >= 11 is 3.28. The number of carbonyl (C=O) groups is 3. The van der Waals surface area contributed by atoms with E-state index in [0.717, 1.165) is 4.47 Å². The molecule has 1 atom stereocenters. The number of carboxylic acids is 1. The number of rotatable bonds is 6. The standard InChI is InChI=1S/C13H16BrN3O4/c1-8(12(19)20)16-11(18)6-7-15-13(21)17-10-4-2-9(14)3-5-10/h2-5,8H,6-7H2,1H3,(H,16,18)(H,19,20)(H2,15,17,21)/t8-/m0/s1. The molecule has 1 aromatic rings. The first-order chi connectivity index (χ1) is 9.88. The molecule has 21 heavy (non-hydrogen) atoms. The number of nitrogens with one attached hydrogen (secondary N) is 3. The summed E-state index contributed by atoms with van der Waals surface area (Å²) in [6.45, 7) is 1.48. The normalized spacial score (nSPS) is 11.3. The number of benzene rings is 1. The van der Waals surface area contributed by atoms with Crippen LogP contribution in [0.15, 0.2) is 28.7 Å². The average molecular weight is 358 g/mol. The third-order valence-electron chi connectivity index (χ3n) is 2.49. The summed E-state index contributed by atoms with van der Waals surface area (Å²) in [7, 11) is 0. The SMILES string of the molecule is C[C@H](NC(=O)CCNC(=O)Nc1ccc(Br)cc1)C(=O)O. The fourth-order valence-electron chi connectivity index (χ4n) is 1.37. The minimum atomic E-state index is -1.11. The van der Waals surface area contributed by atoms with Crippen LogP contribution >= 0.6 is 15.9 Å². The van der Waals surface area contributed by atoms with Gasteiger partial charge < -0.3 is 21.1 Å². The molecule has 1 aromatic carbocycles. The maximum absolute atomic E-state index is 11.5. The fourth-order valence-corrected chi connectivity index (χ4v) is 1.64. The Hall–Kier alpha value is -2.09. The number of urea groups is 1. The molecule has 0 saturated carbocycles. The Balaban J connectivity index is 2.26. The van der Waals surface area contributed by atoms with E-state index in [0.29, 0.717) is 5.69 Å². The van der Waals surface area contributed by atoms with E-state index in [-0.39, 0.29) is 13.0 Å². The van der Waals surface area contributed by atoms with Gasteiger partial charge in [0.2, 0.25) is 5.91 Å². The Kier molecular flexibility index (Phi) is 6.67. The van der Waals surface area contributed by atoms with Gasteiger partial charge in [-0.3, -0.25) is 9.59 Å². The van der Waals surface area contributed by atoms with Crippen LogP contribution < -0.4 is 16.0 Å². The molecule has 0 unspecified atom stereocenters. The van der Waals surface area contributed by atoms with Gasteiger partial charge in [-0.25, -0.2) is 4.79 Å². The van der Waals surface area contributed by atoms with Crippen molar-refractivity contribution >= 4 is 39.5 Å². The number of aliphatic carboxylic acids is 1. The van der Waals surface area contributed by atoms with E-state index in [1.54, 1.807) is 24.3 Å². The summed E-state index contributed by atoms with van der Waals surface area (Å²) in [5, 5.41) is 16.0. The van der Waals surface area contributed by atoms with Crippen molar-refractivity contribution in [3.05, 3.63) is 28.7 Å². The van der Waals surface area contributed by atoms with Gasteiger partial charge in [-0.2, -0.15) is 0 Å². The monoisotopic (exact) mass is 357 g/mol. The maximum atomic E-state index is 11.5. The second-order valence-electron chi connectivity index (χ2n) is 4.27. The molecular formula is C13H16BrN3O4. The minimum absolute atomic E-state index is 0.00534. The topological polar surface area (TPSA) is 108 Å². The molecule has 0 spiro atoms. The summed E-state index contributed by atoms with van der Waals surface area (Å²) < 4.78 is 0.901. The van der Waals surface area contributed by atoms with Crippen molar-refractivity contribution in [3.63, 3.8) is 0 Å². The van der Waals surface area contributed by atoms with Crippen LogP contribution in [-0.2, 0) is 9.59 Å². The van der Waals surface area contributed by atoms with Crippen molar-refractivity contribution in [1.29, 1.82) is 0 Å². The highest BCUT2D eigenvalue weighted by Crippen LogP contribution is 2.13. The molecule has 7 nitrogen and oxygen atoms in total. The smallest absolute Gasteiger partial charge is 0.325 e. The third kappa shape index (κ3) is 6.75. The Morgan fingerprint density at radius 1 is 1.24 bits per heavy atom. The van der Waals surface area contributed by atoms with Gasteiger partial charge in [0, 0.05) is 23.1 Å². The lowest BCUT2D eigenvalue weighted by molar-refractivity contribution is -0.141. The molecule has 114 valence electrons. The molecule has 0 aliphatic heterocycles. The van der Waals surface area contributed by atoms with E-state index in [4.69, 9.17) is 5.11 Å². The van der Waals surface area contributed by atoms with Crippen LogP contribution in [0.25, 0.3) is 0 Å². The Morgan fingerprint density at radius 3 is 2.43 bits per heavy atom. The van der Waals surface area contributed by atoms with E-state index in [1.807, 2.05) is 0 Å². The second-order valence-corrected chi connectivity index (χ2v) is 5.18. The first-order valence-corrected chi connectivity index (χ1v) is 7.00. The van der Waals surface area contributed by atoms with Crippen molar-refractivity contribution in [3.8, 4) is 0 Å².